The Hall–Kier alpha value is -1.99. The van der Waals surface area contributed by atoms with Gasteiger partial charge in [0.1, 0.15) is 0 Å². The molecule has 0 bridgehead atoms. The van der Waals surface area contributed by atoms with Gasteiger partial charge in [-0.1, -0.05) is 12.5 Å². The third-order valence-corrected chi connectivity index (χ3v) is 1.39. The Balaban J connectivity index is 0.00000121. The molecule has 4 heteroatoms. The Morgan fingerprint density at radius 1 is 1.33 bits per heavy atom. The molecular formula is C8H6F3Rf-. The van der Waals surface area contributed by atoms with Crippen LogP contribution in [0.4, 0.5) is 13.2 Å². The van der Waals surface area contributed by atoms with Gasteiger partial charge in [0.15, 0.2) is 0 Å². The Bertz CT molecular complexity index is 255. The van der Waals surface area contributed by atoms with Crippen LogP contribution in [0.5, 0.6) is 0 Å². The van der Waals surface area contributed by atoms with Gasteiger partial charge in [0.05, 0.1) is 0 Å². The summed E-state index contributed by atoms with van der Waals surface area (Å²) in [5.74, 6) is 0. The molecule has 0 atom stereocenters. The number of hydrogen-bond donors (Lipinski definition) is 0. The molecule has 0 N–H and O–H groups in total. The molecule has 0 aliphatic rings. The van der Waals surface area contributed by atoms with Crippen molar-refractivity contribution in [3.8, 4) is 0 Å². The molecule has 0 saturated carbocycles. The maximum absolute atomic E-state index is 12.0. The molecule has 0 heterocycles. The summed E-state index contributed by atoms with van der Waals surface area (Å²) in [7, 11) is 0. The van der Waals surface area contributed by atoms with Crippen LogP contribution < -0.4 is 0 Å². The minimum atomic E-state index is -4.25. The monoisotopic (exact) mass is 426 g/mol. The van der Waals surface area contributed by atoms with E-state index in [9.17, 15) is 13.2 Å². The molecule has 0 aliphatic carbocycles. The average molecular weight is 426 g/mol. The minimum absolute atomic E-state index is 0. The van der Waals surface area contributed by atoms with Crippen LogP contribution in [-0.2, 0) is 6.18 Å². The van der Waals surface area contributed by atoms with E-state index < -0.39 is 11.7 Å². The minimum Gasteiger partial charge on any atom is -0.183 e. The van der Waals surface area contributed by atoms with Crippen molar-refractivity contribution in [1.82, 2.24) is 0 Å². The van der Waals surface area contributed by atoms with Gasteiger partial charge in [-0.15, -0.1) is 5.56 Å². The second kappa shape index (κ2) is 2.95. The fourth-order valence-electron chi connectivity index (χ4n) is 0.814. The predicted octanol–water partition coefficient (Wildman–Crippen LogP) is 2.81. The van der Waals surface area contributed by atoms with Crippen molar-refractivity contribution in [2.45, 2.75) is 13.1 Å². The molecule has 0 fully saturated rings. The Kier molecular flexibility index (Phi) is 2.46. The van der Waals surface area contributed by atoms with Crippen LogP contribution in [0, 0.1) is 13.0 Å². The zero-order valence-corrected chi connectivity index (χ0v) is 13.0. The van der Waals surface area contributed by atoms with Crippen LogP contribution in [0.15, 0.2) is 18.2 Å². The van der Waals surface area contributed by atoms with Gasteiger partial charge in [-0.3, -0.25) is 0 Å². The van der Waals surface area contributed by atoms with E-state index in [1.54, 1.807) is 0 Å². The van der Waals surface area contributed by atoms with Gasteiger partial charge in [0.2, 0.25) is 0 Å². The number of hydrogen-bond acceptors (Lipinski definition) is 0. The summed E-state index contributed by atoms with van der Waals surface area (Å²) in [5, 5.41) is 0. The Morgan fingerprint density at radius 2 is 1.92 bits per heavy atom. The summed E-state index contributed by atoms with van der Waals surface area (Å²) in [6, 6.07) is 6.20. The summed E-state index contributed by atoms with van der Waals surface area (Å²) in [5.41, 5.74) is -0.378. The van der Waals surface area contributed by atoms with E-state index in [4.69, 9.17) is 0 Å². The fourth-order valence-corrected chi connectivity index (χ4v) is 0.814. The Labute approximate surface area is 62.7 Å². The zero-order chi connectivity index (χ0) is 8.48. The molecule has 1 aromatic rings. The van der Waals surface area contributed by atoms with Crippen LogP contribution in [0.25, 0.3) is 0 Å². The molecule has 0 aromatic heterocycles. The van der Waals surface area contributed by atoms with E-state index in [-0.39, 0.29) is 5.56 Å². The van der Waals surface area contributed by atoms with Crippen molar-refractivity contribution in [3.05, 3.63) is 35.4 Å². The molecule has 1 rings (SSSR count). The third-order valence-electron chi connectivity index (χ3n) is 1.39. The van der Waals surface area contributed by atoms with Crippen LogP contribution >= 0.6 is 0 Å². The predicted molar refractivity (Wildman–Crippen MR) is 35.0 cm³/mol. The third kappa shape index (κ3) is 1.75. The number of halogens is 3. The molecule has 0 radical (unpaired) electrons. The van der Waals surface area contributed by atoms with E-state index in [1.165, 1.54) is 19.1 Å². The van der Waals surface area contributed by atoms with E-state index in [0.717, 1.165) is 6.07 Å². The maximum atomic E-state index is 12.0. The van der Waals surface area contributed by atoms with Gasteiger partial charge in [0, 0.05) is 0 Å². The summed E-state index contributed by atoms with van der Waals surface area (Å²) in [4.78, 5) is 0. The van der Waals surface area contributed by atoms with Gasteiger partial charge in [-0.25, -0.2) is 0 Å². The smallest absolute Gasteiger partial charge is 0.183 e. The Morgan fingerprint density at radius 3 is 2.25 bits per heavy atom. The molecule has 0 saturated heterocycles. The summed E-state index contributed by atoms with van der Waals surface area (Å²) >= 11 is 0. The first-order valence-electron chi connectivity index (χ1n) is 3.05. The van der Waals surface area contributed by atoms with E-state index >= 15 is 0 Å². The first kappa shape index (κ1) is 10.0. The van der Waals surface area contributed by atoms with Crippen molar-refractivity contribution >= 4 is 0 Å². The largest absolute Gasteiger partial charge is 0.370 e. The fraction of sp³-hybridized carbons (Fsp3) is 0.250. The topological polar surface area (TPSA) is 0 Å². The van der Waals surface area contributed by atoms with Crippen molar-refractivity contribution < 1.29 is 13.2 Å². The molecule has 12 heavy (non-hydrogen) atoms. The molecule has 62 valence electrons. The van der Waals surface area contributed by atoms with Crippen LogP contribution in [0.3, 0.4) is 0 Å². The van der Waals surface area contributed by atoms with Gasteiger partial charge < -0.3 is 0 Å². The van der Waals surface area contributed by atoms with Crippen molar-refractivity contribution in [3.63, 3.8) is 0 Å². The van der Waals surface area contributed by atoms with Gasteiger partial charge in [-0.2, -0.15) is 37.4 Å². The molecule has 0 nitrogen and oxygen atoms in total. The van der Waals surface area contributed by atoms with E-state index in [0.29, 0.717) is 0 Å². The molecule has 0 amide bonds. The van der Waals surface area contributed by atoms with Crippen LogP contribution in [-0.4, -0.2) is 0 Å². The molecule has 0 unspecified atom stereocenters. The van der Waals surface area contributed by atoms with Crippen LogP contribution in [0.1, 0.15) is 11.1 Å². The molecular weight excluding hydrogens is 420 g/mol. The summed E-state index contributed by atoms with van der Waals surface area (Å²) in [6.07, 6.45) is -4.25. The number of rotatable bonds is 0. The average Bonchev–Trinajstić information content (AvgIpc) is 1.86. The van der Waals surface area contributed by atoms with Crippen molar-refractivity contribution in [2.24, 2.45) is 0 Å². The van der Waals surface area contributed by atoms with Crippen molar-refractivity contribution in [1.29, 1.82) is 0 Å². The number of benzene rings is 1. The zero-order valence-electron chi connectivity index (χ0n) is 6.57. The first-order chi connectivity index (χ1) is 5.02. The maximum Gasteiger partial charge on any atom is 0.370 e. The van der Waals surface area contributed by atoms with Gasteiger partial charge in [0.25, 0.3) is 0 Å². The van der Waals surface area contributed by atoms with Gasteiger partial charge in [-0.05, 0) is 0 Å². The normalized spacial score (nSPS) is 10.7. The number of aryl methyl sites for hydroxylation is 1. The number of alkyl halides is 3. The molecule has 0 aliphatic heterocycles. The second-order valence-corrected chi connectivity index (χ2v) is 2.24. The quantitative estimate of drug-likeness (QED) is 0.560. The first-order valence-corrected chi connectivity index (χ1v) is 3.05. The van der Waals surface area contributed by atoms with Gasteiger partial charge >= 0.3 is 6.18 Å². The van der Waals surface area contributed by atoms with E-state index in [1.807, 2.05) is 0 Å². The standard InChI is InChI=1S/C8H6F3.Rf/c1-6-4-2-3-5-7(6)8(9,10)11;/h2,4-5H,1H3;/q-1;. The summed E-state index contributed by atoms with van der Waals surface area (Å²) < 4.78 is 36.1. The van der Waals surface area contributed by atoms with Crippen molar-refractivity contribution in [2.75, 3.05) is 0 Å². The molecule has 0 spiro atoms. The van der Waals surface area contributed by atoms with Crippen LogP contribution in [0.2, 0.25) is 0 Å². The summed E-state index contributed by atoms with van der Waals surface area (Å²) in [6.45, 7) is 1.43. The molecule has 1 aromatic carbocycles. The SMILES string of the molecule is Cc1cc[c-]cc1C(F)(F)F.[Rf]. The second-order valence-electron chi connectivity index (χ2n) is 2.24. The van der Waals surface area contributed by atoms with E-state index in [2.05, 4.69) is 6.07 Å².